The third-order valence-corrected chi connectivity index (χ3v) is 4.84. The summed E-state index contributed by atoms with van der Waals surface area (Å²) in [6.45, 7) is 7.54. The largest absolute Gasteiger partial charge is 0.316 e. The Balaban J connectivity index is 1.62. The van der Waals surface area contributed by atoms with Gasteiger partial charge < -0.3 is 10.2 Å². The van der Waals surface area contributed by atoms with Crippen LogP contribution in [0.1, 0.15) is 64.7 Å². The zero-order valence-corrected chi connectivity index (χ0v) is 12.3. The number of rotatable bonds is 7. The first-order chi connectivity index (χ1) is 8.92. The zero-order valence-electron chi connectivity index (χ0n) is 12.3. The lowest BCUT2D eigenvalue weighted by molar-refractivity contribution is 0.0595. The van der Waals surface area contributed by atoms with Crippen LogP contribution in [-0.2, 0) is 0 Å². The summed E-state index contributed by atoms with van der Waals surface area (Å²) < 4.78 is 0. The predicted molar refractivity (Wildman–Crippen MR) is 78.9 cm³/mol. The van der Waals surface area contributed by atoms with Gasteiger partial charge >= 0.3 is 0 Å². The van der Waals surface area contributed by atoms with Crippen molar-refractivity contribution in [3.8, 4) is 0 Å². The molecule has 0 aliphatic carbocycles. The molecule has 0 aromatic heterocycles. The lowest BCUT2D eigenvalue weighted by Crippen LogP contribution is -2.50. The molecule has 0 amide bonds. The first-order valence-corrected chi connectivity index (χ1v) is 8.36. The maximum Gasteiger partial charge on any atom is 0.0136 e. The van der Waals surface area contributed by atoms with Gasteiger partial charge in [-0.15, -0.1) is 0 Å². The standard InChI is InChI=1S/C16H32N2/c1-2-3-4-6-11-17-14-15-9-8-13-18-12-7-5-10-16(15)18/h15-17H,2-14H2,1H3. The van der Waals surface area contributed by atoms with Gasteiger partial charge in [0.2, 0.25) is 0 Å². The highest BCUT2D eigenvalue weighted by Crippen LogP contribution is 2.30. The Hall–Kier alpha value is -0.0800. The van der Waals surface area contributed by atoms with E-state index < -0.39 is 0 Å². The molecule has 2 unspecified atom stereocenters. The van der Waals surface area contributed by atoms with Crippen LogP contribution in [0.5, 0.6) is 0 Å². The first-order valence-electron chi connectivity index (χ1n) is 8.36. The second-order valence-electron chi connectivity index (χ2n) is 6.27. The molecular weight excluding hydrogens is 220 g/mol. The SMILES string of the molecule is CCCCCCNCC1CCCN2CCCCC12. The minimum absolute atomic E-state index is 0.913. The summed E-state index contributed by atoms with van der Waals surface area (Å²) >= 11 is 0. The molecule has 2 saturated heterocycles. The van der Waals surface area contributed by atoms with Gasteiger partial charge in [-0.25, -0.2) is 0 Å². The smallest absolute Gasteiger partial charge is 0.0136 e. The van der Waals surface area contributed by atoms with Gasteiger partial charge in [0.05, 0.1) is 0 Å². The van der Waals surface area contributed by atoms with Gasteiger partial charge in [0.25, 0.3) is 0 Å². The van der Waals surface area contributed by atoms with E-state index >= 15 is 0 Å². The van der Waals surface area contributed by atoms with Gasteiger partial charge in [0, 0.05) is 6.04 Å². The summed E-state index contributed by atoms with van der Waals surface area (Å²) in [5, 5.41) is 3.72. The Morgan fingerprint density at radius 3 is 2.78 bits per heavy atom. The molecule has 18 heavy (non-hydrogen) atoms. The van der Waals surface area contributed by atoms with E-state index in [-0.39, 0.29) is 0 Å². The fourth-order valence-corrected chi connectivity index (χ4v) is 3.78. The molecular formula is C16H32N2. The van der Waals surface area contributed by atoms with Crippen LogP contribution in [0.2, 0.25) is 0 Å². The highest BCUT2D eigenvalue weighted by molar-refractivity contribution is 4.87. The van der Waals surface area contributed by atoms with Gasteiger partial charge in [-0.2, -0.15) is 0 Å². The fourth-order valence-electron chi connectivity index (χ4n) is 3.78. The van der Waals surface area contributed by atoms with Crippen molar-refractivity contribution < 1.29 is 0 Å². The molecule has 2 heteroatoms. The number of fused-ring (bicyclic) bond motifs is 1. The summed E-state index contributed by atoms with van der Waals surface area (Å²) in [6.07, 6.45) is 12.8. The third-order valence-electron chi connectivity index (χ3n) is 4.84. The van der Waals surface area contributed by atoms with E-state index in [1.54, 1.807) is 0 Å². The van der Waals surface area contributed by atoms with Crippen LogP contribution in [-0.4, -0.2) is 37.1 Å². The highest BCUT2D eigenvalue weighted by atomic mass is 15.2. The quantitative estimate of drug-likeness (QED) is 0.698. The molecule has 0 saturated carbocycles. The maximum absolute atomic E-state index is 3.72. The number of hydrogen-bond acceptors (Lipinski definition) is 2. The summed E-state index contributed by atoms with van der Waals surface area (Å²) in [5.41, 5.74) is 0. The molecule has 1 N–H and O–H groups in total. The van der Waals surface area contributed by atoms with Gasteiger partial charge in [-0.1, -0.05) is 32.6 Å². The predicted octanol–water partition coefficient (Wildman–Crippen LogP) is 3.42. The summed E-state index contributed by atoms with van der Waals surface area (Å²) in [5.74, 6) is 0.935. The second kappa shape index (κ2) is 8.16. The van der Waals surface area contributed by atoms with Gasteiger partial charge in [-0.05, 0) is 64.2 Å². The van der Waals surface area contributed by atoms with Gasteiger partial charge in [0.15, 0.2) is 0 Å². The normalized spacial score (nSPS) is 29.2. The molecule has 0 aromatic carbocycles. The van der Waals surface area contributed by atoms with Crippen molar-refractivity contribution in [2.45, 2.75) is 70.8 Å². The van der Waals surface area contributed by atoms with Crippen molar-refractivity contribution in [1.82, 2.24) is 10.2 Å². The molecule has 2 aliphatic rings. The van der Waals surface area contributed by atoms with E-state index in [0.29, 0.717) is 0 Å². The fraction of sp³-hybridized carbons (Fsp3) is 1.00. The van der Waals surface area contributed by atoms with Crippen LogP contribution in [0.4, 0.5) is 0 Å². The van der Waals surface area contributed by atoms with Crippen molar-refractivity contribution in [2.24, 2.45) is 5.92 Å². The molecule has 2 heterocycles. The van der Waals surface area contributed by atoms with Gasteiger partial charge in [0.1, 0.15) is 0 Å². The third kappa shape index (κ3) is 4.24. The molecule has 0 aromatic rings. The Labute approximate surface area is 114 Å². The van der Waals surface area contributed by atoms with E-state index in [2.05, 4.69) is 17.1 Å². The molecule has 2 aliphatic heterocycles. The average Bonchev–Trinajstić information content (AvgIpc) is 2.43. The van der Waals surface area contributed by atoms with Crippen LogP contribution in [0.15, 0.2) is 0 Å². The average molecular weight is 252 g/mol. The summed E-state index contributed by atoms with van der Waals surface area (Å²) in [4.78, 5) is 2.77. The zero-order chi connectivity index (χ0) is 12.6. The minimum atomic E-state index is 0.913. The number of nitrogens with one attached hydrogen (secondary N) is 1. The van der Waals surface area contributed by atoms with Crippen molar-refractivity contribution in [2.75, 3.05) is 26.2 Å². The molecule has 0 bridgehead atoms. The summed E-state index contributed by atoms with van der Waals surface area (Å²) in [7, 11) is 0. The molecule has 2 fully saturated rings. The number of hydrogen-bond donors (Lipinski definition) is 1. The van der Waals surface area contributed by atoms with Crippen molar-refractivity contribution in [3.05, 3.63) is 0 Å². The highest BCUT2D eigenvalue weighted by Gasteiger charge is 2.32. The monoisotopic (exact) mass is 252 g/mol. The molecule has 2 atom stereocenters. The van der Waals surface area contributed by atoms with Crippen molar-refractivity contribution in [1.29, 1.82) is 0 Å². The Bertz CT molecular complexity index is 215. The van der Waals surface area contributed by atoms with Crippen molar-refractivity contribution >= 4 is 0 Å². The Kier molecular flexibility index (Phi) is 6.50. The van der Waals surface area contributed by atoms with E-state index in [0.717, 1.165) is 12.0 Å². The van der Waals surface area contributed by atoms with E-state index in [1.807, 2.05) is 0 Å². The van der Waals surface area contributed by atoms with Crippen molar-refractivity contribution in [3.63, 3.8) is 0 Å². The number of piperidine rings is 2. The van der Waals surface area contributed by atoms with E-state index in [9.17, 15) is 0 Å². The second-order valence-corrected chi connectivity index (χ2v) is 6.27. The number of nitrogens with zero attached hydrogens (tertiary/aromatic N) is 1. The van der Waals surface area contributed by atoms with Crippen LogP contribution >= 0.6 is 0 Å². The van der Waals surface area contributed by atoms with Gasteiger partial charge in [-0.3, -0.25) is 0 Å². The Morgan fingerprint density at radius 1 is 1.00 bits per heavy atom. The molecule has 0 radical (unpaired) electrons. The van der Waals surface area contributed by atoms with Crippen LogP contribution in [0.25, 0.3) is 0 Å². The first kappa shape index (κ1) is 14.3. The summed E-state index contributed by atoms with van der Waals surface area (Å²) in [6, 6.07) is 0.913. The topological polar surface area (TPSA) is 15.3 Å². The molecule has 2 rings (SSSR count). The van der Waals surface area contributed by atoms with Crippen LogP contribution in [0.3, 0.4) is 0 Å². The molecule has 106 valence electrons. The lowest BCUT2D eigenvalue weighted by Gasteiger charge is -2.44. The van der Waals surface area contributed by atoms with E-state index in [4.69, 9.17) is 0 Å². The molecule has 2 nitrogen and oxygen atoms in total. The molecule has 0 spiro atoms. The van der Waals surface area contributed by atoms with Crippen LogP contribution < -0.4 is 5.32 Å². The maximum atomic E-state index is 3.72. The minimum Gasteiger partial charge on any atom is -0.316 e. The number of unbranched alkanes of at least 4 members (excludes halogenated alkanes) is 3. The Morgan fingerprint density at radius 2 is 1.89 bits per heavy atom. The van der Waals surface area contributed by atoms with Crippen LogP contribution in [0, 0.1) is 5.92 Å². The van der Waals surface area contributed by atoms with E-state index in [1.165, 1.54) is 84.0 Å². The lowest BCUT2D eigenvalue weighted by atomic mass is 9.83.